The summed E-state index contributed by atoms with van der Waals surface area (Å²) in [5.74, 6) is -0.370. The normalized spacial score (nSPS) is 19.7. The molecule has 1 saturated heterocycles. The quantitative estimate of drug-likeness (QED) is 0.842. The largest absolute Gasteiger partial charge is 0.375 e. The van der Waals surface area contributed by atoms with Crippen LogP contribution < -0.4 is 4.90 Å². The van der Waals surface area contributed by atoms with Gasteiger partial charge in [0.05, 0.1) is 28.4 Å². The van der Waals surface area contributed by atoms with Gasteiger partial charge in [-0.15, -0.1) is 0 Å². The first-order valence-corrected chi connectivity index (χ1v) is 6.71. The summed E-state index contributed by atoms with van der Waals surface area (Å²) in [6.07, 6.45) is 1.06. The van der Waals surface area contributed by atoms with E-state index in [2.05, 4.69) is 22.9 Å². The van der Waals surface area contributed by atoms with Gasteiger partial charge in [0.2, 0.25) is 0 Å². The molecule has 0 saturated carbocycles. The standard InChI is InChI=1S/C13H14BrFN2O/c1-2-10-8-17(5-6-18-10)11-4-3-9(7-16)12(14)13(11)15/h3-4,10H,2,5-6,8H2,1H3. The van der Waals surface area contributed by atoms with Crippen LogP contribution in [0.25, 0.3) is 0 Å². The van der Waals surface area contributed by atoms with Crippen molar-refractivity contribution in [1.82, 2.24) is 0 Å². The number of benzene rings is 1. The second-order valence-electron chi connectivity index (χ2n) is 4.22. The average molecular weight is 313 g/mol. The van der Waals surface area contributed by atoms with Gasteiger partial charge in [-0.05, 0) is 34.5 Å². The summed E-state index contributed by atoms with van der Waals surface area (Å²) < 4.78 is 20.0. The van der Waals surface area contributed by atoms with Crippen molar-refractivity contribution in [2.24, 2.45) is 0 Å². The number of hydrogen-bond acceptors (Lipinski definition) is 3. The summed E-state index contributed by atoms with van der Waals surface area (Å²) in [5, 5.41) is 8.84. The highest BCUT2D eigenvalue weighted by Gasteiger charge is 2.23. The third kappa shape index (κ3) is 2.50. The summed E-state index contributed by atoms with van der Waals surface area (Å²) in [4.78, 5) is 1.97. The summed E-state index contributed by atoms with van der Waals surface area (Å²) in [6.45, 7) is 4.02. The highest BCUT2D eigenvalue weighted by Crippen LogP contribution is 2.30. The molecule has 3 nitrogen and oxygen atoms in total. The Labute approximate surface area is 114 Å². The Morgan fingerprint density at radius 3 is 3.06 bits per heavy atom. The lowest BCUT2D eigenvalue weighted by Crippen LogP contribution is -2.42. The van der Waals surface area contributed by atoms with Crippen LogP contribution in [0.3, 0.4) is 0 Å². The highest BCUT2D eigenvalue weighted by molar-refractivity contribution is 9.10. The number of ether oxygens (including phenoxy) is 1. The molecule has 1 fully saturated rings. The SMILES string of the molecule is CCC1CN(c2ccc(C#N)c(Br)c2F)CCO1. The fourth-order valence-corrected chi connectivity index (χ4v) is 2.48. The predicted molar refractivity (Wildman–Crippen MR) is 71.1 cm³/mol. The molecule has 2 rings (SSSR count). The Morgan fingerprint density at radius 1 is 1.61 bits per heavy atom. The molecule has 5 heteroatoms. The van der Waals surface area contributed by atoms with Gasteiger partial charge in [-0.3, -0.25) is 0 Å². The number of nitriles is 1. The van der Waals surface area contributed by atoms with E-state index >= 15 is 0 Å². The van der Waals surface area contributed by atoms with Crippen LogP contribution in [0.5, 0.6) is 0 Å². The van der Waals surface area contributed by atoms with Crippen molar-refractivity contribution in [3.8, 4) is 6.07 Å². The lowest BCUT2D eigenvalue weighted by molar-refractivity contribution is 0.0382. The number of halogens is 2. The van der Waals surface area contributed by atoms with Crippen LogP contribution in [0.4, 0.5) is 10.1 Å². The molecule has 0 aliphatic carbocycles. The first kappa shape index (κ1) is 13.3. The molecule has 0 aromatic heterocycles. The van der Waals surface area contributed by atoms with Crippen molar-refractivity contribution in [2.75, 3.05) is 24.6 Å². The summed E-state index contributed by atoms with van der Waals surface area (Å²) in [7, 11) is 0. The second kappa shape index (κ2) is 5.68. The molecular weight excluding hydrogens is 299 g/mol. The van der Waals surface area contributed by atoms with Crippen molar-refractivity contribution in [2.45, 2.75) is 19.4 Å². The van der Waals surface area contributed by atoms with Gasteiger partial charge in [0.25, 0.3) is 0 Å². The van der Waals surface area contributed by atoms with Crippen LogP contribution in [-0.4, -0.2) is 25.8 Å². The van der Waals surface area contributed by atoms with Crippen molar-refractivity contribution in [1.29, 1.82) is 5.26 Å². The van der Waals surface area contributed by atoms with E-state index in [4.69, 9.17) is 10.00 Å². The molecule has 1 atom stereocenters. The number of rotatable bonds is 2. The summed E-state index contributed by atoms with van der Waals surface area (Å²) in [5.41, 5.74) is 0.846. The minimum absolute atomic E-state index is 0.146. The lowest BCUT2D eigenvalue weighted by Gasteiger charge is -2.34. The van der Waals surface area contributed by atoms with Gasteiger partial charge in [0.1, 0.15) is 6.07 Å². The van der Waals surface area contributed by atoms with Crippen LogP contribution in [0.1, 0.15) is 18.9 Å². The third-order valence-corrected chi connectivity index (χ3v) is 3.89. The van der Waals surface area contributed by atoms with Gasteiger partial charge in [-0.2, -0.15) is 5.26 Å². The Balaban J connectivity index is 2.29. The smallest absolute Gasteiger partial charge is 0.161 e. The number of hydrogen-bond donors (Lipinski definition) is 0. The molecule has 1 aromatic carbocycles. The number of anilines is 1. The van der Waals surface area contributed by atoms with Crippen LogP contribution in [0, 0.1) is 17.1 Å². The van der Waals surface area contributed by atoms with E-state index in [0.29, 0.717) is 30.9 Å². The topological polar surface area (TPSA) is 36.3 Å². The molecule has 1 aromatic rings. The fraction of sp³-hybridized carbons (Fsp3) is 0.462. The average Bonchev–Trinajstić information content (AvgIpc) is 2.42. The molecule has 0 N–H and O–H groups in total. The lowest BCUT2D eigenvalue weighted by atomic mass is 10.1. The summed E-state index contributed by atoms with van der Waals surface area (Å²) in [6, 6.07) is 5.26. The molecule has 0 bridgehead atoms. The molecule has 1 aliphatic rings. The van der Waals surface area contributed by atoms with Gasteiger partial charge >= 0.3 is 0 Å². The zero-order chi connectivity index (χ0) is 13.1. The van der Waals surface area contributed by atoms with Gasteiger partial charge < -0.3 is 9.64 Å². The zero-order valence-corrected chi connectivity index (χ0v) is 11.7. The van der Waals surface area contributed by atoms with Gasteiger partial charge in [0.15, 0.2) is 5.82 Å². The van der Waals surface area contributed by atoms with Gasteiger partial charge in [-0.1, -0.05) is 6.92 Å². The number of nitrogens with zero attached hydrogens (tertiary/aromatic N) is 2. The van der Waals surface area contributed by atoms with E-state index in [9.17, 15) is 4.39 Å². The van der Waals surface area contributed by atoms with Crippen LogP contribution >= 0.6 is 15.9 Å². The monoisotopic (exact) mass is 312 g/mol. The molecule has 1 heterocycles. The zero-order valence-electron chi connectivity index (χ0n) is 10.1. The van der Waals surface area contributed by atoms with Crippen molar-refractivity contribution in [3.63, 3.8) is 0 Å². The fourth-order valence-electron chi connectivity index (χ4n) is 2.05. The second-order valence-corrected chi connectivity index (χ2v) is 5.01. The Morgan fingerprint density at radius 2 is 2.39 bits per heavy atom. The Hall–Kier alpha value is -1.12. The van der Waals surface area contributed by atoms with Gasteiger partial charge in [0, 0.05) is 13.1 Å². The molecule has 0 amide bonds. The maximum absolute atomic E-state index is 14.2. The highest BCUT2D eigenvalue weighted by atomic mass is 79.9. The molecule has 1 unspecified atom stereocenters. The molecule has 0 spiro atoms. The maximum Gasteiger partial charge on any atom is 0.161 e. The third-order valence-electron chi connectivity index (χ3n) is 3.12. The Bertz CT molecular complexity index is 487. The van der Waals surface area contributed by atoms with Crippen molar-refractivity contribution < 1.29 is 9.13 Å². The van der Waals surface area contributed by atoms with Gasteiger partial charge in [-0.25, -0.2) is 4.39 Å². The molecular formula is C13H14BrFN2O. The van der Waals surface area contributed by atoms with E-state index in [1.807, 2.05) is 11.0 Å². The van der Waals surface area contributed by atoms with Crippen LogP contribution in [0.2, 0.25) is 0 Å². The maximum atomic E-state index is 14.2. The molecule has 96 valence electrons. The van der Waals surface area contributed by atoms with Crippen molar-refractivity contribution in [3.05, 3.63) is 28.0 Å². The van der Waals surface area contributed by atoms with E-state index in [-0.39, 0.29) is 16.4 Å². The van der Waals surface area contributed by atoms with E-state index in [1.54, 1.807) is 12.1 Å². The summed E-state index contributed by atoms with van der Waals surface area (Å²) >= 11 is 3.13. The first-order chi connectivity index (χ1) is 8.67. The van der Waals surface area contributed by atoms with E-state index < -0.39 is 0 Å². The van der Waals surface area contributed by atoms with Crippen LogP contribution in [-0.2, 0) is 4.74 Å². The minimum Gasteiger partial charge on any atom is -0.375 e. The predicted octanol–water partition coefficient (Wildman–Crippen LogP) is 3.08. The van der Waals surface area contributed by atoms with E-state index in [0.717, 1.165) is 6.42 Å². The molecule has 1 aliphatic heterocycles. The Kier molecular flexibility index (Phi) is 4.20. The van der Waals surface area contributed by atoms with E-state index in [1.165, 1.54) is 0 Å². The first-order valence-electron chi connectivity index (χ1n) is 5.92. The number of morpholine rings is 1. The van der Waals surface area contributed by atoms with Crippen LogP contribution in [0.15, 0.2) is 16.6 Å². The molecule has 18 heavy (non-hydrogen) atoms. The minimum atomic E-state index is -0.370. The van der Waals surface area contributed by atoms with Crippen molar-refractivity contribution >= 4 is 21.6 Å². The molecule has 0 radical (unpaired) electrons.